The van der Waals surface area contributed by atoms with E-state index in [0.717, 1.165) is 28.9 Å². The van der Waals surface area contributed by atoms with Gasteiger partial charge in [-0.3, -0.25) is 4.79 Å². The number of carbonyl (C=O) groups excluding carboxylic acids is 1. The van der Waals surface area contributed by atoms with Crippen LogP contribution in [0.25, 0.3) is 0 Å². The molecule has 0 radical (unpaired) electrons. The fourth-order valence-corrected chi connectivity index (χ4v) is 3.49. The van der Waals surface area contributed by atoms with E-state index < -0.39 is 0 Å². The first kappa shape index (κ1) is 19.7. The molecule has 3 aromatic carbocycles. The highest BCUT2D eigenvalue weighted by molar-refractivity contribution is 5.78. The first-order valence-corrected chi connectivity index (χ1v) is 9.74. The third kappa shape index (κ3) is 5.01. The predicted octanol–water partition coefficient (Wildman–Crippen LogP) is 5.48. The van der Waals surface area contributed by atoms with E-state index in [-0.39, 0.29) is 17.9 Å². The van der Waals surface area contributed by atoms with Crippen molar-refractivity contribution in [1.82, 2.24) is 5.32 Å². The molecule has 0 saturated heterocycles. The second-order valence-electron chi connectivity index (χ2n) is 6.88. The third-order valence-electron chi connectivity index (χ3n) is 5.06. The van der Waals surface area contributed by atoms with Gasteiger partial charge in [-0.15, -0.1) is 0 Å². The molecule has 3 heteroatoms. The Morgan fingerprint density at radius 3 is 1.82 bits per heavy atom. The lowest BCUT2D eigenvalue weighted by atomic mass is 9.88. The smallest absolute Gasteiger partial charge is 0.221 e. The van der Waals surface area contributed by atoms with Gasteiger partial charge in [-0.25, -0.2) is 0 Å². The second kappa shape index (κ2) is 9.75. The molecule has 1 N–H and O–H groups in total. The Bertz CT molecular complexity index is 821. The van der Waals surface area contributed by atoms with E-state index in [4.69, 9.17) is 4.74 Å². The summed E-state index contributed by atoms with van der Waals surface area (Å²) in [5, 5.41) is 3.21. The molecule has 0 spiro atoms. The average Bonchev–Trinajstić information content (AvgIpc) is 2.77. The number of carbonyl (C=O) groups is 1. The summed E-state index contributed by atoms with van der Waals surface area (Å²) in [7, 11) is 1.65. The number of hydrogen-bond acceptors (Lipinski definition) is 2. The van der Waals surface area contributed by atoms with Gasteiger partial charge in [-0.2, -0.15) is 0 Å². The molecule has 0 heterocycles. The summed E-state index contributed by atoms with van der Waals surface area (Å²) >= 11 is 0. The summed E-state index contributed by atoms with van der Waals surface area (Å²) in [6, 6.07) is 28.3. The third-order valence-corrected chi connectivity index (χ3v) is 5.06. The normalized spacial score (nSPS) is 11.8. The number of rotatable bonds is 8. The largest absolute Gasteiger partial charge is 0.497 e. The minimum Gasteiger partial charge on any atom is -0.497 e. The van der Waals surface area contributed by atoms with Crippen molar-refractivity contribution in [2.75, 3.05) is 7.11 Å². The molecule has 28 heavy (non-hydrogen) atoms. The second-order valence-corrected chi connectivity index (χ2v) is 6.88. The summed E-state index contributed by atoms with van der Waals surface area (Å²) in [4.78, 5) is 12.9. The number of methoxy groups -OCH3 is 1. The molecule has 0 aliphatic rings. The molecule has 3 rings (SSSR count). The monoisotopic (exact) mass is 373 g/mol. The number of hydrogen-bond donors (Lipinski definition) is 1. The van der Waals surface area contributed by atoms with Crippen molar-refractivity contribution in [2.45, 2.75) is 31.7 Å². The Morgan fingerprint density at radius 2 is 1.36 bits per heavy atom. The molecule has 0 bridgehead atoms. The average molecular weight is 373 g/mol. The van der Waals surface area contributed by atoms with Gasteiger partial charge >= 0.3 is 0 Å². The van der Waals surface area contributed by atoms with Crippen molar-refractivity contribution in [3.63, 3.8) is 0 Å². The molecule has 0 fully saturated rings. The highest BCUT2D eigenvalue weighted by Gasteiger charge is 2.20. The maximum Gasteiger partial charge on any atom is 0.221 e. The van der Waals surface area contributed by atoms with Crippen LogP contribution in [0.2, 0.25) is 0 Å². The van der Waals surface area contributed by atoms with E-state index in [1.54, 1.807) is 7.11 Å². The van der Waals surface area contributed by atoms with Crippen molar-refractivity contribution < 1.29 is 9.53 Å². The maximum absolute atomic E-state index is 12.9. The van der Waals surface area contributed by atoms with E-state index in [2.05, 4.69) is 36.5 Å². The Balaban J connectivity index is 1.75. The first-order chi connectivity index (χ1) is 13.7. The lowest BCUT2D eigenvalue weighted by Crippen LogP contribution is -2.29. The van der Waals surface area contributed by atoms with Crippen LogP contribution in [0, 0.1) is 0 Å². The van der Waals surface area contributed by atoms with Crippen LogP contribution in [0.1, 0.15) is 48.4 Å². The number of amides is 1. The molecule has 1 atom stereocenters. The molecular weight excluding hydrogens is 346 g/mol. The van der Waals surface area contributed by atoms with Crippen molar-refractivity contribution in [3.05, 3.63) is 102 Å². The van der Waals surface area contributed by atoms with Gasteiger partial charge in [-0.1, -0.05) is 79.7 Å². The maximum atomic E-state index is 12.9. The zero-order chi connectivity index (χ0) is 19.8. The molecule has 0 aliphatic heterocycles. The molecule has 3 nitrogen and oxygen atoms in total. The number of benzene rings is 3. The van der Waals surface area contributed by atoms with Gasteiger partial charge in [-0.05, 0) is 35.2 Å². The summed E-state index contributed by atoms with van der Waals surface area (Å²) in [6.45, 7) is 2.08. The lowest BCUT2D eigenvalue weighted by molar-refractivity contribution is -0.122. The van der Waals surface area contributed by atoms with Crippen molar-refractivity contribution in [1.29, 1.82) is 0 Å². The summed E-state index contributed by atoms with van der Waals surface area (Å²) in [5.74, 6) is 0.911. The van der Waals surface area contributed by atoms with E-state index in [9.17, 15) is 4.79 Å². The SMILES string of the molecule is CCC(NC(=O)CC(c1ccccc1)c1ccccc1)c1ccc(OC)cc1. The van der Waals surface area contributed by atoms with E-state index in [1.807, 2.05) is 60.7 Å². The fourth-order valence-electron chi connectivity index (χ4n) is 3.49. The highest BCUT2D eigenvalue weighted by atomic mass is 16.5. The topological polar surface area (TPSA) is 38.3 Å². The Hall–Kier alpha value is -3.07. The lowest BCUT2D eigenvalue weighted by Gasteiger charge is -2.22. The predicted molar refractivity (Wildman–Crippen MR) is 114 cm³/mol. The Labute approximate surface area is 167 Å². The van der Waals surface area contributed by atoms with Gasteiger partial charge in [0, 0.05) is 12.3 Å². The molecule has 1 amide bonds. The molecule has 0 aromatic heterocycles. The van der Waals surface area contributed by atoms with Gasteiger partial charge in [0.25, 0.3) is 0 Å². The molecule has 0 saturated carbocycles. The minimum absolute atomic E-state index is 0.00870. The molecule has 1 unspecified atom stereocenters. The zero-order valence-electron chi connectivity index (χ0n) is 16.5. The summed E-state index contributed by atoms with van der Waals surface area (Å²) in [5.41, 5.74) is 3.40. The van der Waals surface area contributed by atoms with Crippen LogP contribution in [-0.2, 0) is 4.79 Å². The quantitative estimate of drug-likeness (QED) is 0.567. The van der Waals surface area contributed by atoms with Crippen LogP contribution in [0.3, 0.4) is 0 Å². The molecule has 0 aliphatic carbocycles. The number of nitrogens with one attached hydrogen (secondary N) is 1. The van der Waals surface area contributed by atoms with Crippen LogP contribution >= 0.6 is 0 Å². The highest BCUT2D eigenvalue weighted by Crippen LogP contribution is 2.28. The van der Waals surface area contributed by atoms with Gasteiger partial charge in [0.05, 0.1) is 13.2 Å². The minimum atomic E-state index is -0.00870. The van der Waals surface area contributed by atoms with Crippen molar-refractivity contribution >= 4 is 5.91 Å². The van der Waals surface area contributed by atoms with E-state index in [0.29, 0.717) is 6.42 Å². The zero-order valence-corrected chi connectivity index (χ0v) is 16.5. The van der Waals surface area contributed by atoms with Gasteiger partial charge in [0.15, 0.2) is 0 Å². The van der Waals surface area contributed by atoms with Crippen LogP contribution in [0.15, 0.2) is 84.9 Å². The van der Waals surface area contributed by atoms with Gasteiger partial charge in [0.1, 0.15) is 5.75 Å². The standard InChI is InChI=1S/C25H27NO2/c1-3-24(21-14-16-22(28-2)17-15-21)26-25(27)18-23(19-10-6-4-7-11-19)20-12-8-5-9-13-20/h4-17,23-24H,3,18H2,1-2H3,(H,26,27). The molecule has 3 aromatic rings. The fraction of sp³-hybridized carbons (Fsp3) is 0.240. The van der Waals surface area contributed by atoms with Gasteiger partial charge in [0.2, 0.25) is 5.91 Å². The van der Waals surface area contributed by atoms with Crippen molar-refractivity contribution in [3.8, 4) is 5.75 Å². The van der Waals surface area contributed by atoms with Crippen LogP contribution < -0.4 is 10.1 Å². The Morgan fingerprint density at radius 1 is 0.821 bits per heavy atom. The van der Waals surface area contributed by atoms with Crippen LogP contribution in [0.4, 0.5) is 0 Å². The van der Waals surface area contributed by atoms with Crippen molar-refractivity contribution in [2.24, 2.45) is 0 Å². The van der Waals surface area contributed by atoms with Crippen LogP contribution in [-0.4, -0.2) is 13.0 Å². The van der Waals surface area contributed by atoms with Crippen LogP contribution in [0.5, 0.6) is 5.75 Å². The summed E-state index contributed by atoms with van der Waals surface area (Å²) < 4.78 is 5.23. The number of ether oxygens (including phenoxy) is 1. The van der Waals surface area contributed by atoms with Gasteiger partial charge < -0.3 is 10.1 Å². The molecular formula is C25H27NO2. The molecule has 144 valence electrons. The summed E-state index contributed by atoms with van der Waals surface area (Å²) in [6.07, 6.45) is 1.25. The first-order valence-electron chi connectivity index (χ1n) is 9.74. The van der Waals surface area contributed by atoms with E-state index >= 15 is 0 Å². The van der Waals surface area contributed by atoms with E-state index in [1.165, 1.54) is 0 Å². The Kier molecular flexibility index (Phi) is 6.85.